The summed E-state index contributed by atoms with van der Waals surface area (Å²) in [5, 5.41) is 0. The monoisotopic (exact) mass is 257 g/mol. The largest absolute Gasteiger partial charge is 0.468 e. The van der Waals surface area contributed by atoms with E-state index in [0.717, 1.165) is 12.8 Å². The summed E-state index contributed by atoms with van der Waals surface area (Å²) >= 11 is 0. The van der Waals surface area contributed by atoms with Crippen LogP contribution in [0.4, 0.5) is 0 Å². The second kappa shape index (κ2) is 8.69. The van der Waals surface area contributed by atoms with Crippen molar-refractivity contribution in [2.75, 3.05) is 27.3 Å². The summed E-state index contributed by atoms with van der Waals surface area (Å²) in [6.45, 7) is 9.08. The Labute approximate surface area is 109 Å². The van der Waals surface area contributed by atoms with E-state index in [4.69, 9.17) is 4.74 Å². The molecule has 0 amide bonds. The van der Waals surface area contributed by atoms with E-state index in [0.29, 0.717) is 13.1 Å². The fraction of sp³-hybridized carbons (Fsp3) is 0.692. The Balaban J connectivity index is 5.10. The van der Waals surface area contributed by atoms with Crippen LogP contribution in [0.1, 0.15) is 26.7 Å². The van der Waals surface area contributed by atoms with Crippen LogP contribution in [-0.2, 0) is 19.1 Å². The van der Waals surface area contributed by atoms with Crippen molar-refractivity contribution in [2.45, 2.75) is 32.7 Å². The number of methoxy groups -OCH3 is 2. The Kier molecular flexibility index (Phi) is 8.03. The average Bonchev–Trinajstić information content (AvgIpc) is 2.38. The number of hydrogen-bond acceptors (Lipinski definition) is 5. The molecular formula is C13H23NO4. The first-order valence-electron chi connectivity index (χ1n) is 6.12. The van der Waals surface area contributed by atoms with E-state index < -0.39 is 18.0 Å². The van der Waals surface area contributed by atoms with Crippen LogP contribution < -0.4 is 0 Å². The molecule has 1 atom stereocenters. The minimum absolute atomic E-state index is 0.117. The quantitative estimate of drug-likeness (QED) is 0.485. The first kappa shape index (κ1) is 16.6. The lowest BCUT2D eigenvalue weighted by atomic mass is 10.1. The highest BCUT2D eigenvalue weighted by atomic mass is 16.5. The molecule has 0 aliphatic heterocycles. The van der Waals surface area contributed by atoms with E-state index in [9.17, 15) is 9.59 Å². The van der Waals surface area contributed by atoms with Gasteiger partial charge >= 0.3 is 11.9 Å². The summed E-state index contributed by atoms with van der Waals surface area (Å²) in [5.74, 6) is -1.06. The van der Waals surface area contributed by atoms with Gasteiger partial charge in [-0.25, -0.2) is 9.59 Å². The number of rotatable bonds is 8. The lowest BCUT2D eigenvalue weighted by Crippen LogP contribution is -2.45. The Morgan fingerprint density at radius 1 is 1.11 bits per heavy atom. The number of esters is 2. The zero-order chi connectivity index (χ0) is 14.1. The standard InChI is InChI=1S/C13H23NO4/c1-6-8-14(9-7-2)11(13(16)18-5)10(3)12(15)17-4/h11H,3,6-9H2,1-2,4-5H3. The summed E-state index contributed by atoms with van der Waals surface area (Å²) in [5.41, 5.74) is 0.117. The zero-order valence-electron chi connectivity index (χ0n) is 11.7. The van der Waals surface area contributed by atoms with E-state index in [1.165, 1.54) is 14.2 Å². The predicted octanol–water partition coefficient (Wildman–Crippen LogP) is 1.38. The van der Waals surface area contributed by atoms with Crippen molar-refractivity contribution in [1.29, 1.82) is 0 Å². The van der Waals surface area contributed by atoms with E-state index in [1.807, 2.05) is 18.7 Å². The number of hydrogen-bond donors (Lipinski definition) is 0. The van der Waals surface area contributed by atoms with Crippen LogP contribution in [0.5, 0.6) is 0 Å². The summed E-state index contributed by atoms with van der Waals surface area (Å²) < 4.78 is 9.37. The van der Waals surface area contributed by atoms with Gasteiger partial charge in [-0.1, -0.05) is 20.4 Å². The molecule has 18 heavy (non-hydrogen) atoms. The average molecular weight is 257 g/mol. The van der Waals surface area contributed by atoms with Crippen LogP contribution >= 0.6 is 0 Å². The fourth-order valence-corrected chi connectivity index (χ4v) is 1.81. The van der Waals surface area contributed by atoms with E-state index >= 15 is 0 Å². The molecule has 0 bridgehead atoms. The Hall–Kier alpha value is -1.36. The molecule has 0 saturated heterocycles. The van der Waals surface area contributed by atoms with Crippen molar-refractivity contribution < 1.29 is 19.1 Å². The third-order valence-electron chi connectivity index (χ3n) is 2.59. The molecule has 0 heterocycles. The lowest BCUT2D eigenvalue weighted by molar-refractivity contribution is -0.148. The van der Waals surface area contributed by atoms with E-state index in [1.54, 1.807) is 0 Å². The second-order valence-corrected chi connectivity index (χ2v) is 3.98. The molecule has 0 N–H and O–H groups in total. The lowest BCUT2D eigenvalue weighted by Gasteiger charge is -2.29. The molecule has 0 saturated carbocycles. The van der Waals surface area contributed by atoms with Crippen LogP contribution in [-0.4, -0.2) is 50.2 Å². The minimum Gasteiger partial charge on any atom is -0.468 e. The highest BCUT2D eigenvalue weighted by Crippen LogP contribution is 2.14. The number of carbonyl (C=O) groups excluding carboxylic acids is 2. The fourth-order valence-electron chi connectivity index (χ4n) is 1.81. The van der Waals surface area contributed by atoms with Crippen LogP contribution in [0.2, 0.25) is 0 Å². The van der Waals surface area contributed by atoms with Gasteiger partial charge in [0.1, 0.15) is 6.04 Å². The summed E-state index contributed by atoms with van der Waals surface area (Å²) in [4.78, 5) is 25.3. The molecule has 5 nitrogen and oxygen atoms in total. The number of carbonyl (C=O) groups is 2. The Morgan fingerprint density at radius 2 is 1.61 bits per heavy atom. The van der Waals surface area contributed by atoms with Crippen LogP contribution in [0.25, 0.3) is 0 Å². The summed E-state index contributed by atoms with van der Waals surface area (Å²) in [6, 6.07) is -0.762. The van der Waals surface area contributed by atoms with E-state index in [-0.39, 0.29) is 5.57 Å². The van der Waals surface area contributed by atoms with Gasteiger partial charge in [0.2, 0.25) is 0 Å². The van der Waals surface area contributed by atoms with Crippen molar-refractivity contribution in [3.63, 3.8) is 0 Å². The van der Waals surface area contributed by atoms with Crippen molar-refractivity contribution in [1.82, 2.24) is 4.90 Å². The molecule has 0 aliphatic carbocycles. The van der Waals surface area contributed by atoms with Crippen LogP contribution in [0, 0.1) is 0 Å². The van der Waals surface area contributed by atoms with Gasteiger partial charge < -0.3 is 9.47 Å². The maximum Gasteiger partial charge on any atom is 0.335 e. The predicted molar refractivity (Wildman–Crippen MR) is 69.1 cm³/mol. The molecule has 0 aromatic heterocycles. The molecule has 5 heteroatoms. The van der Waals surface area contributed by atoms with Crippen molar-refractivity contribution in [2.24, 2.45) is 0 Å². The van der Waals surface area contributed by atoms with Gasteiger partial charge in [0, 0.05) is 0 Å². The van der Waals surface area contributed by atoms with Gasteiger partial charge in [-0.05, 0) is 25.9 Å². The van der Waals surface area contributed by atoms with Crippen LogP contribution in [0.15, 0.2) is 12.2 Å². The van der Waals surface area contributed by atoms with Gasteiger partial charge in [-0.15, -0.1) is 0 Å². The van der Waals surface area contributed by atoms with Gasteiger partial charge in [-0.2, -0.15) is 0 Å². The molecule has 0 fully saturated rings. The molecular weight excluding hydrogens is 234 g/mol. The molecule has 0 radical (unpaired) electrons. The van der Waals surface area contributed by atoms with Crippen molar-refractivity contribution in [3.8, 4) is 0 Å². The second-order valence-electron chi connectivity index (χ2n) is 3.98. The van der Waals surface area contributed by atoms with Crippen molar-refractivity contribution in [3.05, 3.63) is 12.2 Å². The third-order valence-corrected chi connectivity index (χ3v) is 2.59. The number of nitrogens with zero attached hydrogens (tertiary/aromatic N) is 1. The molecule has 1 unspecified atom stereocenters. The molecule has 0 rings (SSSR count). The topological polar surface area (TPSA) is 55.8 Å². The Morgan fingerprint density at radius 3 is 1.94 bits per heavy atom. The highest BCUT2D eigenvalue weighted by Gasteiger charge is 2.32. The summed E-state index contributed by atoms with van der Waals surface area (Å²) in [6.07, 6.45) is 1.75. The highest BCUT2D eigenvalue weighted by molar-refractivity contribution is 5.97. The first-order chi connectivity index (χ1) is 8.53. The van der Waals surface area contributed by atoms with Gasteiger partial charge in [0.05, 0.1) is 19.8 Å². The minimum atomic E-state index is -0.762. The van der Waals surface area contributed by atoms with Crippen LogP contribution in [0.3, 0.4) is 0 Å². The molecule has 0 aromatic carbocycles. The normalized spacial score (nSPS) is 12.1. The summed E-state index contributed by atoms with van der Waals surface area (Å²) in [7, 11) is 2.57. The molecule has 0 aromatic rings. The van der Waals surface area contributed by atoms with Gasteiger partial charge in [0.25, 0.3) is 0 Å². The smallest absolute Gasteiger partial charge is 0.335 e. The van der Waals surface area contributed by atoms with Gasteiger partial charge in [-0.3, -0.25) is 4.90 Å². The van der Waals surface area contributed by atoms with Crippen molar-refractivity contribution >= 4 is 11.9 Å². The molecule has 104 valence electrons. The maximum atomic E-state index is 11.8. The maximum absolute atomic E-state index is 11.8. The van der Waals surface area contributed by atoms with Gasteiger partial charge in [0.15, 0.2) is 0 Å². The number of ether oxygens (including phenoxy) is 2. The first-order valence-corrected chi connectivity index (χ1v) is 6.12. The van der Waals surface area contributed by atoms with E-state index in [2.05, 4.69) is 11.3 Å². The molecule has 0 spiro atoms. The zero-order valence-corrected chi connectivity index (χ0v) is 11.7. The third kappa shape index (κ3) is 4.49. The SMILES string of the molecule is C=C(C(=O)OC)C(C(=O)OC)N(CCC)CCC. The Bertz CT molecular complexity index is 295. The molecule has 0 aliphatic rings.